The summed E-state index contributed by atoms with van der Waals surface area (Å²) >= 11 is 3.48. The molecule has 0 unspecified atom stereocenters. The van der Waals surface area contributed by atoms with Gasteiger partial charge in [-0.3, -0.25) is 0 Å². The van der Waals surface area contributed by atoms with E-state index in [0.29, 0.717) is 19.7 Å². The van der Waals surface area contributed by atoms with Gasteiger partial charge in [0.2, 0.25) is 0 Å². The average molecular weight is 444 g/mol. The van der Waals surface area contributed by atoms with E-state index in [1.807, 2.05) is 18.2 Å². The van der Waals surface area contributed by atoms with Crippen molar-refractivity contribution in [3.63, 3.8) is 0 Å². The van der Waals surface area contributed by atoms with Gasteiger partial charge in [-0.15, -0.1) is 0 Å². The third kappa shape index (κ3) is 5.65. The molecule has 0 aliphatic rings. The Hall–Kier alpha value is -2.70. The molecule has 0 saturated carbocycles. The van der Waals surface area contributed by atoms with E-state index in [1.165, 1.54) is 12.1 Å². The van der Waals surface area contributed by atoms with Gasteiger partial charge in [0, 0.05) is 23.1 Å². The van der Waals surface area contributed by atoms with Gasteiger partial charge in [-0.1, -0.05) is 40.2 Å². The second kappa shape index (κ2) is 9.48. The average Bonchev–Trinajstić information content (AvgIpc) is 2.69. The second-order valence-corrected chi connectivity index (χ2v) is 7.19. The summed E-state index contributed by atoms with van der Waals surface area (Å²) in [5.41, 5.74) is 3.14. The minimum absolute atomic E-state index is 0.270. The molecule has 0 heterocycles. The molecule has 0 spiro atoms. The van der Waals surface area contributed by atoms with Crippen LogP contribution in [0, 0.1) is 5.82 Å². The van der Waals surface area contributed by atoms with Crippen molar-refractivity contribution < 1.29 is 19.0 Å². The highest BCUT2D eigenvalue weighted by Crippen LogP contribution is 2.24. The number of halogens is 2. The number of carbonyl (C=O) groups is 1. The summed E-state index contributed by atoms with van der Waals surface area (Å²) in [5.74, 6) is -0.452. The zero-order chi connectivity index (χ0) is 19.9. The van der Waals surface area contributed by atoms with E-state index >= 15 is 0 Å². The van der Waals surface area contributed by atoms with Crippen molar-refractivity contribution in [2.45, 2.75) is 19.7 Å². The Morgan fingerprint density at radius 1 is 0.964 bits per heavy atom. The molecule has 0 aromatic heterocycles. The fourth-order valence-electron chi connectivity index (χ4n) is 2.68. The van der Waals surface area contributed by atoms with Crippen molar-refractivity contribution in [3.8, 4) is 5.75 Å². The molecule has 6 heteroatoms. The topological polar surface area (TPSA) is 58.6 Å². The first kappa shape index (κ1) is 20.0. The lowest BCUT2D eigenvalue weighted by Crippen LogP contribution is -2.14. The number of aromatic carboxylic acids is 1. The summed E-state index contributed by atoms with van der Waals surface area (Å²) in [6, 6.07) is 18.8. The Morgan fingerprint density at radius 2 is 1.64 bits per heavy atom. The molecule has 2 N–H and O–H groups in total. The number of carboxylic acid groups (broad SMARTS) is 1. The van der Waals surface area contributed by atoms with Crippen LogP contribution in [0.1, 0.15) is 27.0 Å². The van der Waals surface area contributed by atoms with E-state index in [2.05, 4.69) is 21.2 Å². The number of hydrogen-bond donors (Lipinski definition) is 2. The van der Waals surface area contributed by atoms with Gasteiger partial charge in [-0.05, 0) is 53.6 Å². The van der Waals surface area contributed by atoms with Crippen molar-refractivity contribution in [1.82, 2.24) is 5.32 Å². The Morgan fingerprint density at radius 3 is 2.32 bits per heavy atom. The first-order valence-corrected chi connectivity index (χ1v) is 9.49. The number of ether oxygens (including phenoxy) is 1. The Balaban J connectivity index is 1.60. The Bertz CT molecular complexity index is 943. The first-order valence-electron chi connectivity index (χ1n) is 8.70. The van der Waals surface area contributed by atoms with Gasteiger partial charge in [0.1, 0.15) is 18.2 Å². The molecule has 0 amide bonds. The SMILES string of the molecule is O=C(O)c1ccc(CNCc2cc(Br)ccc2OCc2ccc(F)cc2)cc1. The van der Waals surface area contributed by atoms with Crippen LogP contribution in [0.3, 0.4) is 0 Å². The van der Waals surface area contributed by atoms with Crippen LogP contribution in [0.4, 0.5) is 4.39 Å². The van der Waals surface area contributed by atoms with Crippen LogP contribution in [0.15, 0.2) is 71.2 Å². The fraction of sp³-hybridized carbons (Fsp3) is 0.136. The van der Waals surface area contributed by atoms with Gasteiger partial charge in [0.15, 0.2) is 0 Å². The van der Waals surface area contributed by atoms with Gasteiger partial charge in [0.25, 0.3) is 0 Å². The van der Waals surface area contributed by atoms with Gasteiger partial charge in [-0.25, -0.2) is 9.18 Å². The van der Waals surface area contributed by atoms with Crippen LogP contribution >= 0.6 is 15.9 Å². The monoisotopic (exact) mass is 443 g/mol. The molecule has 0 radical (unpaired) electrons. The van der Waals surface area contributed by atoms with E-state index in [9.17, 15) is 9.18 Å². The molecule has 3 aromatic carbocycles. The van der Waals surface area contributed by atoms with Crippen molar-refractivity contribution in [1.29, 1.82) is 0 Å². The summed E-state index contributed by atoms with van der Waals surface area (Å²) in [7, 11) is 0. The molecule has 4 nitrogen and oxygen atoms in total. The van der Waals surface area contributed by atoms with Gasteiger partial charge in [-0.2, -0.15) is 0 Å². The summed E-state index contributed by atoms with van der Waals surface area (Å²) in [6.07, 6.45) is 0. The van der Waals surface area contributed by atoms with Crippen molar-refractivity contribution >= 4 is 21.9 Å². The predicted molar refractivity (Wildman–Crippen MR) is 109 cm³/mol. The molecule has 0 atom stereocenters. The quantitative estimate of drug-likeness (QED) is 0.504. The molecule has 3 aromatic rings. The second-order valence-electron chi connectivity index (χ2n) is 6.27. The van der Waals surface area contributed by atoms with E-state index in [-0.39, 0.29) is 11.4 Å². The van der Waals surface area contributed by atoms with Crippen molar-refractivity contribution in [3.05, 3.63) is 99.3 Å². The molecule has 0 aliphatic heterocycles. The normalized spacial score (nSPS) is 10.6. The lowest BCUT2D eigenvalue weighted by Gasteiger charge is -2.13. The summed E-state index contributed by atoms with van der Waals surface area (Å²) < 4.78 is 19.9. The van der Waals surface area contributed by atoms with Crippen LogP contribution in [0.25, 0.3) is 0 Å². The minimum Gasteiger partial charge on any atom is -0.489 e. The van der Waals surface area contributed by atoms with Crippen LogP contribution in [-0.2, 0) is 19.7 Å². The zero-order valence-electron chi connectivity index (χ0n) is 15.0. The minimum atomic E-state index is -0.934. The van der Waals surface area contributed by atoms with E-state index in [4.69, 9.17) is 9.84 Å². The lowest BCUT2D eigenvalue weighted by atomic mass is 10.1. The number of carboxylic acids is 1. The first-order chi connectivity index (χ1) is 13.5. The molecule has 0 bridgehead atoms. The van der Waals surface area contributed by atoms with Gasteiger partial charge < -0.3 is 15.2 Å². The molecule has 0 fully saturated rings. The van der Waals surface area contributed by atoms with Crippen LogP contribution in [-0.4, -0.2) is 11.1 Å². The van der Waals surface area contributed by atoms with E-state index in [1.54, 1.807) is 36.4 Å². The zero-order valence-corrected chi connectivity index (χ0v) is 16.6. The summed E-state index contributed by atoms with van der Waals surface area (Å²) in [5, 5.41) is 12.3. The third-order valence-electron chi connectivity index (χ3n) is 4.18. The van der Waals surface area contributed by atoms with Gasteiger partial charge in [0.05, 0.1) is 5.56 Å². The number of hydrogen-bond acceptors (Lipinski definition) is 3. The third-order valence-corrected chi connectivity index (χ3v) is 4.67. The van der Waals surface area contributed by atoms with Crippen LogP contribution in [0.5, 0.6) is 5.75 Å². The highest BCUT2D eigenvalue weighted by Gasteiger charge is 2.07. The Kier molecular flexibility index (Phi) is 6.79. The van der Waals surface area contributed by atoms with Crippen molar-refractivity contribution in [2.75, 3.05) is 0 Å². The number of rotatable bonds is 8. The van der Waals surface area contributed by atoms with E-state index < -0.39 is 5.97 Å². The largest absolute Gasteiger partial charge is 0.489 e. The van der Waals surface area contributed by atoms with Crippen molar-refractivity contribution in [2.24, 2.45) is 0 Å². The highest BCUT2D eigenvalue weighted by molar-refractivity contribution is 9.10. The maximum Gasteiger partial charge on any atom is 0.335 e. The number of benzene rings is 3. The Labute approximate surface area is 171 Å². The molecule has 28 heavy (non-hydrogen) atoms. The van der Waals surface area contributed by atoms with E-state index in [0.717, 1.165) is 26.9 Å². The standard InChI is InChI=1S/C22H19BrFNO3/c23-19-7-10-21(28-14-16-3-8-20(24)9-4-16)18(11-19)13-25-12-15-1-5-17(6-2-15)22(26)27/h1-11,25H,12-14H2,(H,26,27). The fourth-order valence-corrected chi connectivity index (χ4v) is 3.08. The highest BCUT2D eigenvalue weighted by atomic mass is 79.9. The predicted octanol–water partition coefficient (Wildman–Crippen LogP) is 5.16. The van der Waals surface area contributed by atoms with Crippen LogP contribution in [0.2, 0.25) is 0 Å². The summed E-state index contributed by atoms with van der Waals surface area (Å²) in [4.78, 5) is 10.9. The smallest absolute Gasteiger partial charge is 0.335 e. The summed E-state index contributed by atoms with van der Waals surface area (Å²) in [6.45, 7) is 1.54. The molecule has 3 rings (SSSR count). The maximum absolute atomic E-state index is 13.0. The number of nitrogens with one attached hydrogen (secondary N) is 1. The van der Waals surface area contributed by atoms with Gasteiger partial charge >= 0.3 is 5.97 Å². The van der Waals surface area contributed by atoms with Crippen LogP contribution < -0.4 is 10.1 Å². The molecule has 0 saturated heterocycles. The molecular formula is C22H19BrFNO3. The lowest BCUT2D eigenvalue weighted by molar-refractivity contribution is 0.0697. The molecular weight excluding hydrogens is 425 g/mol. The maximum atomic E-state index is 13.0. The molecule has 0 aliphatic carbocycles. The molecule has 144 valence electrons.